The lowest BCUT2D eigenvalue weighted by molar-refractivity contribution is -0.137. The summed E-state index contributed by atoms with van der Waals surface area (Å²) in [5.74, 6) is 1.51. The molecule has 140 valence electrons. The minimum Gasteiger partial charge on any atom is -0.372 e. The number of fused-ring (bicyclic) bond motifs is 1. The molecule has 2 fully saturated rings. The van der Waals surface area contributed by atoms with Crippen molar-refractivity contribution in [3.8, 4) is 0 Å². The molecule has 0 radical (unpaired) electrons. The third kappa shape index (κ3) is 2.89. The molecule has 0 aromatic carbocycles. The van der Waals surface area contributed by atoms with Gasteiger partial charge in [-0.25, -0.2) is 4.98 Å². The number of nitrogens with one attached hydrogen (secondary N) is 2. The summed E-state index contributed by atoms with van der Waals surface area (Å²) in [4.78, 5) is 7.76. The minimum atomic E-state index is -4.50. The number of anilines is 3. The van der Waals surface area contributed by atoms with Gasteiger partial charge in [0.05, 0.1) is 23.6 Å². The van der Waals surface area contributed by atoms with Gasteiger partial charge >= 0.3 is 6.18 Å². The lowest BCUT2D eigenvalue weighted by atomic mass is 9.77. The van der Waals surface area contributed by atoms with E-state index in [0.717, 1.165) is 36.6 Å². The van der Waals surface area contributed by atoms with Crippen LogP contribution in [0, 0.1) is 18.8 Å². The summed E-state index contributed by atoms with van der Waals surface area (Å²) < 4.78 is 40.9. The van der Waals surface area contributed by atoms with Gasteiger partial charge in [0.1, 0.15) is 11.4 Å². The molecule has 1 unspecified atom stereocenters. The second-order valence-corrected chi connectivity index (χ2v) is 7.14. The highest BCUT2D eigenvalue weighted by molar-refractivity contribution is 5.58. The lowest BCUT2D eigenvalue weighted by Crippen LogP contribution is -2.18. The number of rotatable bonds is 4. The van der Waals surface area contributed by atoms with E-state index in [0.29, 0.717) is 11.7 Å². The van der Waals surface area contributed by atoms with Crippen LogP contribution in [0.5, 0.6) is 0 Å². The Hall–Kier alpha value is -2.32. The molecule has 0 amide bonds. The Morgan fingerprint density at radius 1 is 1.15 bits per heavy atom. The normalized spacial score (nSPS) is 24.9. The van der Waals surface area contributed by atoms with Gasteiger partial charge in [-0.15, -0.1) is 0 Å². The maximum absolute atomic E-state index is 12.9. The zero-order chi connectivity index (χ0) is 18.5. The second-order valence-electron chi connectivity index (χ2n) is 7.14. The van der Waals surface area contributed by atoms with Gasteiger partial charge in [-0.05, 0) is 44.4 Å². The smallest absolute Gasteiger partial charge is 0.372 e. The van der Waals surface area contributed by atoms with Crippen molar-refractivity contribution in [2.24, 2.45) is 11.8 Å². The van der Waals surface area contributed by atoms with E-state index in [1.54, 1.807) is 6.20 Å². The van der Waals surface area contributed by atoms with E-state index in [1.807, 2.05) is 11.6 Å². The second kappa shape index (κ2) is 6.14. The molecule has 2 aliphatic rings. The van der Waals surface area contributed by atoms with Crippen molar-refractivity contribution in [3.63, 3.8) is 0 Å². The summed E-state index contributed by atoms with van der Waals surface area (Å²) in [5.41, 5.74) is 0.774. The molecule has 9 heteroatoms. The molecule has 2 saturated carbocycles. The topological polar surface area (TPSA) is 67.7 Å². The molecule has 0 saturated heterocycles. The van der Waals surface area contributed by atoms with Crippen molar-refractivity contribution in [1.82, 2.24) is 19.7 Å². The molecule has 2 heterocycles. The van der Waals surface area contributed by atoms with Gasteiger partial charge in [-0.3, -0.25) is 4.68 Å². The summed E-state index contributed by atoms with van der Waals surface area (Å²) >= 11 is 0. The molecular formula is C17H21F3N6. The van der Waals surface area contributed by atoms with Crippen LogP contribution >= 0.6 is 0 Å². The number of hydrogen-bond donors (Lipinski definition) is 2. The van der Waals surface area contributed by atoms with Gasteiger partial charge in [0.15, 0.2) is 0 Å². The third-order valence-corrected chi connectivity index (χ3v) is 5.69. The fraction of sp³-hybridized carbons (Fsp3) is 0.588. The van der Waals surface area contributed by atoms with Crippen LogP contribution in [0.4, 0.5) is 30.6 Å². The molecule has 2 aromatic heterocycles. The first kappa shape index (κ1) is 17.1. The van der Waals surface area contributed by atoms with Crippen LogP contribution in [0.25, 0.3) is 0 Å². The average molecular weight is 366 g/mol. The predicted molar refractivity (Wildman–Crippen MR) is 91.3 cm³/mol. The first-order chi connectivity index (χ1) is 12.4. The van der Waals surface area contributed by atoms with Crippen LogP contribution in [0.2, 0.25) is 0 Å². The highest BCUT2D eigenvalue weighted by Gasteiger charge is 2.41. The van der Waals surface area contributed by atoms with Crippen molar-refractivity contribution >= 4 is 17.5 Å². The Morgan fingerprint density at radius 3 is 2.42 bits per heavy atom. The van der Waals surface area contributed by atoms with Crippen LogP contribution in [-0.4, -0.2) is 26.8 Å². The minimum absolute atomic E-state index is 0.108. The van der Waals surface area contributed by atoms with Gasteiger partial charge in [-0.1, -0.05) is 0 Å². The molecule has 2 aliphatic carbocycles. The number of nitrogens with zero attached hydrogens (tertiary/aromatic N) is 4. The van der Waals surface area contributed by atoms with E-state index in [4.69, 9.17) is 0 Å². The first-order valence-electron chi connectivity index (χ1n) is 8.80. The van der Waals surface area contributed by atoms with Gasteiger partial charge in [-0.2, -0.15) is 23.3 Å². The molecule has 0 bridgehead atoms. The van der Waals surface area contributed by atoms with E-state index < -0.39 is 11.7 Å². The summed E-state index contributed by atoms with van der Waals surface area (Å²) in [5, 5.41) is 9.97. The van der Waals surface area contributed by atoms with Crippen molar-refractivity contribution in [2.75, 3.05) is 17.7 Å². The van der Waals surface area contributed by atoms with Gasteiger partial charge in [0, 0.05) is 13.2 Å². The van der Waals surface area contributed by atoms with E-state index >= 15 is 0 Å². The Kier molecular flexibility index (Phi) is 4.04. The third-order valence-electron chi connectivity index (χ3n) is 5.69. The molecule has 0 spiro atoms. The van der Waals surface area contributed by atoms with Crippen molar-refractivity contribution in [2.45, 2.75) is 44.8 Å². The molecule has 3 atom stereocenters. The Bertz CT molecular complexity index is 803. The van der Waals surface area contributed by atoms with Crippen molar-refractivity contribution in [3.05, 3.63) is 23.7 Å². The van der Waals surface area contributed by atoms with E-state index in [-0.39, 0.29) is 11.8 Å². The van der Waals surface area contributed by atoms with E-state index in [1.165, 1.54) is 19.9 Å². The Labute approximate surface area is 149 Å². The monoisotopic (exact) mass is 366 g/mol. The highest BCUT2D eigenvalue weighted by Crippen LogP contribution is 2.51. The average Bonchev–Trinajstić information content (AvgIpc) is 3.07. The summed E-state index contributed by atoms with van der Waals surface area (Å²) in [7, 11) is 1.40. The molecule has 4 rings (SSSR count). The fourth-order valence-corrected chi connectivity index (χ4v) is 4.13. The number of alkyl halides is 3. The lowest BCUT2D eigenvalue weighted by Gasteiger charge is -2.29. The van der Waals surface area contributed by atoms with Crippen LogP contribution in [0.3, 0.4) is 0 Å². The Morgan fingerprint density at radius 2 is 1.85 bits per heavy atom. The first-order valence-corrected chi connectivity index (χ1v) is 8.80. The van der Waals surface area contributed by atoms with Gasteiger partial charge < -0.3 is 10.6 Å². The standard InChI is InChI=1S/C17H21F3N6/c1-9-14(8-23-26(9)12-5-10-3-4-11(10)6-12)24-16-22-7-13(17(18,19)20)15(21-2)25-16/h7-8,10-12H,3-6H2,1-2H3,(H2,21,22,24,25)/t10-,11?,12-/m0/s1. The van der Waals surface area contributed by atoms with Gasteiger partial charge in [0.25, 0.3) is 0 Å². The van der Waals surface area contributed by atoms with Crippen LogP contribution in [0.15, 0.2) is 12.4 Å². The zero-order valence-corrected chi connectivity index (χ0v) is 14.6. The van der Waals surface area contributed by atoms with E-state index in [2.05, 4.69) is 25.7 Å². The molecule has 2 aromatic rings. The Balaban J connectivity index is 1.54. The number of halogens is 3. The molecule has 6 nitrogen and oxygen atoms in total. The largest absolute Gasteiger partial charge is 0.421 e. The highest BCUT2D eigenvalue weighted by atomic mass is 19.4. The SMILES string of the molecule is CNc1nc(Nc2cnn([C@@H]3CC4CC[C@H]4C3)c2C)ncc1C(F)(F)F. The molecule has 26 heavy (non-hydrogen) atoms. The summed E-state index contributed by atoms with van der Waals surface area (Å²) in [6.07, 6.45) is 2.93. The van der Waals surface area contributed by atoms with E-state index in [9.17, 15) is 13.2 Å². The quantitative estimate of drug-likeness (QED) is 0.851. The maximum atomic E-state index is 12.9. The van der Waals surface area contributed by atoms with Crippen molar-refractivity contribution < 1.29 is 13.2 Å². The van der Waals surface area contributed by atoms with Crippen LogP contribution < -0.4 is 10.6 Å². The molecular weight excluding hydrogens is 345 g/mol. The van der Waals surface area contributed by atoms with Gasteiger partial charge in [0.2, 0.25) is 5.95 Å². The maximum Gasteiger partial charge on any atom is 0.421 e. The predicted octanol–water partition coefficient (Wildman–Crippen LogP) is 4.15. The molecule has 0 aliphatic heterocycles. The molecule has 2 N–H and O–H groups in total. The summed E-state index contributed by atoms with van der Waals surface area (Å²) in [6.45, 7) is 1.96. The van der Waals surface area contributed by atoms with Crippen LogP contribution in [-0.2, 0) is 6.18 Å². The number of aromatic nitrogens is 4. The zero-order valence-electron chi connectivity index (χ0n) is 14.6. The number of hydrogen-bond acceptors (Lipinski definition) is 5. The fourth-order valence-electron chi connectivity index (χ4n) is 4.13. The van der Waals surface area contributed by atoms with Crippen LogP contribution in [0.1, 0.15) is 43.0 Å². The van der Waals surface area contributed by atoms with Crippen molar-refractivity contribution in [1.29, 1.82) is 0 Å². The summed E-state index contributed by atoms with van der Waals surface area (Å²) in [6, 6.07) is 0.407.